The molecular formula is C13H22N6O2. The number of carbonyl (C=O) groups is 1. The van der Waals surface area contributed by atoms with Crippen molar-refractivity contribution in [3.05, 3.63) is 6.07 Å². The first-order valence-electron chi connectivity index (χ1n) is 6.98. The van der Waals surface area contributed by atoms with Crippen molar-refractivity contribution in [3.8, 4) is 0 Å². The third-order valence-corrected chi connectivity index (χ3v) is 3.14. The minimum Gasteiger partial charge on any atom is -0.377 e. The number of ether oxygens (including phenoxy) is 1. The Morgan fingerprint density at radius 1 is 1.52 bits per heavy atom. The SMILES string of the molecule is CNc1cc(N2CCOCC2C(=O)NC(C)C)nc(N)n1. The topological polar surface area (TPSA) is 105 Å². The Bertz CT molecular complexity index is 507. The first-order chi connectivity index (χ1) is 10.0. The number of morpholine rings is 1. The summed E-state index contributed by atoms with van der Waals surface area (Å²) in [6.45, 7) is 5.30. The zero-order valence-electron chi connectivity index (χ0n) is 12.6. The monoisotopic (exact) mass is 294 g/mol. The number of hydrogen-bond acceptors (Lipinski definition) is 7. The summed E-state index contributed by atoms with van der Waals surface area (Å²) < 4.78 is 5.43. The van der Waals surface area contributed by atoms with E-state index in [0.29, 0.717) is 31.4 Å². The Kier molecular flexibility index (Phi) is 4.79. The maximum absolute atomic E-state index is 12.3. The number of hydrogen-bond donors (Lipinski definition) is 3. The Morgan fingerprint density at radius 2 is 2.29 bits per heavy atom. The third-order valence-electron chi connectivity index (χ3n) is 3.14. The normalized spacial score (nSPS) is 18.7. The van der Waals surface area contributed by atoms with Gasteiger partial charge in [0.1, 0.15) is 17.7 Å². The van der Waals surface area contributed by atoms with Gasteiger partial charge in [0.05, 0.1) is 13.2 Å². The lowest BCUT2D eigenvalue weighted by Crippen LogP contribution is -2.55. The van der Waals surface area contributed by atoms with E-state index in [9.17, 15) is 4.79 Å². The lowest BCUT2D eigenvalue weighted by atomic mass is 10.2. The molecular weight excluding hydrogens is 272 g/mol. The largest absolute Gasteiger partial charge is 0.377 e. The van der Waals surface area contributed by atoms with Crippen LogP contribution in [-0.4, -0.2) is 54.8 Å². The van der Waals surface area contributed by atoms with E-state index in [-0.39, 0.29) is 17.9 Å². The van der Waals surface area contributed by atoms with Gasteiger partial charge < -0.3 is 26.0 Å². The molecule has 1 fully saturated rings. The smallest absolute Gasteiger partial charge is 0.245 e. The van der Waals surface area contributed by atoms with Gasteiger partial charge in [0.25, 0.3) is 0 Å². The summed E-state index contributed by atoms with van der Waals surface area (Å²) in [5.41, 5.74) is 5.72. The molecule has 1 saturated heterocycles. The Labute approximate surface area is 124 Å². The predicted molar refractivity (Wildman–Crippen MR) is 81.2 cm³/mol. The molecule has 1 aliphatic heterocycles. The molecule has 2 rings (SSSR count). The summed E-state index contributed by atoms with van der Waals surface area (Å²) in [5, 5.41) is 5.84. The van der Waals surface area contributed by atoms with Crippen LogP contribution in [-0.2, 0) is 9.53 Å². The number of anilines is 3. The van der Waals surface area contributed by atoms with Crippen molar-refractivity contribution in [1.29, 1.82) is 0 Å². The molecule has 0 aliphatic carbocycles. The number of amides is 1. The molecule has 1 aromatic heterocycles. The Hall–Kier alpha value is -2.09. The van der Waals surface area contributed by atoms with E-state index in [2.05, 4.69) is 20.6 Å². The average Bonchev–Trinajstić information content (AvgIpc) is 2.45. The number of nitrogens with two attached hydrogens (primary N) is 1. The number of rotatable bonds is 4. The van der Waals surface area contributed by atoms with Crippen molar-refractivity contribution in [2.75, 3.05) is 42.8 Å². The Balaban J connectivity index is 2.26. The van der Waals surface area contributed by atoms with Gasteiger partial charge in [0, 0.05) is 25.7 Å². The van der Waals surface area contributed by atoms with E-state index in [1.165, 1.54) is 0 Å². The van der Waals surface area contributed by atoms with Gasteiger partial charge in [-0.15, -0.1) is 0 Å². The molecule has 0 aromatic carbocycles. The summed E-state index contributed by atoms with van der Waals surface area (Å²) in [7, 11) is 1.76. The van der Waals surface area contributed by atoms with E-state index in [1.54, 1.807) is 13.1 Å². The third kappa shape index (κ3) is 3.72. The van der Waals surface area contributed by atoms with Crippen LogP contribution in [0, 0.1) is 0 Å². The standard InChI is InChI=1S/C13H22N6O2/c1-8(2)16-12(20)9-7-21-5-4-19(9)11-6-10(15-3)17-13(14)18-11/h6,8-9H,4-5,7H2,1-3H3,(H,16,20)(H3,14,15,17,18). The molecule has 1 amide bonds. The number of nitrogen functional groups attached to an aromatic ring is 1. The molecule has 4 N–H and O–H groups in total. The molecule has 1 atom stereocenters. The highest BCUT2D eigenvalue weighted by Crippen LogP contribution is 2.21. The van der Waals surface area contributed by atoms with Gasteiger partial charge in [-0.25, -0.2) is 0 Å². The fourth-order valence-corrected chi connectivity index (χ4v) is 2.20. The second-order valence-corrected chi connectivity index (χ2v) is 5.17. The maximum atomic E-state index is 12.3. The van der Waals surface area contributed by atoms with E-state index in [4.69, 9.17) is 10.5 Å². The molecule has 1 unspecified atom stereocenters. The second-order valence-electron chi connectivity index (χ2n) is 5.17. The average molecular weight is 294 g/mol. The van der Waals surface area contributed by atoms with Crippen molar-refractivity contribution in [1.82, 2.24) is 15.3 Å². The highest BCUT2D eigenvalue weighted by Gasteiger charge is 2.31. The van der Waals surface area contributed by atoms with E-state index < -0.39 is 6.04 Å². The van der Waals surface area contributed by atoms with Crippen LogP contribution in [0.5, 0.6) is 0 Å². The van der Waals surface area contributed by atoms with Crippen molar-refractivity contribution in [3.63, 3.8) is 0 Å². The van der Waals surface area contributed by atoms with Gasteiger partial charge in [-0.2, -0.15) is 9.97 Å². The summed E-state index contributed by atoms with van der Waals surface area (Å²) in [4.78, 5) is 22.5. The van der Waals surface area contributed by atoms with Gasteiger partial charge in [-0.3, -0.25) is 4.79 Å². The van der Waals surface area contributed by atoms with Crippen molar-refractivity contribution in [2.45, 2.75) is 25.9 Å². The minimum absolute atomic E-state index is 0.0737. The Morgan fingerprint density at radius 3 is 2.95 bits per heavy atom. The van der Waals surface area contributed by atoms with Crippen LogP contribution >= 0.6 is 0 Å². The zero-order valence-corrected chi connectivity index (χ0v) is 12.6. The molecule has 0 spiro atoms. The van der Waals surface area contributed by atoms with Crippen molar-refractivity contribution >= 4 is 23.5 Å². The van der Waals surface area contributed by atoms with Crippen LogP contribution in [0.1, 0.15) is 13.8 Å². The molecule has 8 heteroatoms. The quantitative estimate of drug-likeness (QED) is 0.708. The van der Waals surface area contributed by atoms with Gasteiger partial charge >= 0.3 is 0 Å². The first kappa shape index (κ1) is 15.3. The summed E-state index contributed by atoms with van der Waals surface area (Å²) in [6.07, 6.45) is 0. The fraction of sp³-hybridized carbons (Fsp3) is 0.615. The predicted octanol–water partition coefficient (Wildman–Crippen LogP) is -0.170. The molecule has 0 radical (unpaired) electrons. The van der Waals surface area contributed by atoms with Crippen molar-refractivity contribution in [2.24, 2.45) is 0 Å². The van der Waals surface area contributed by atoms with Crippen LogP contribution in [0.2, 0.25) is 0 Å². The van der Waals surface area contributed by atoms with Crippen LogP contribution in [0.15, 0.2) is 6.07 Å². The minimum atomic E-state index is -0.417. The van der Waals surface area contributed by atoms with Crippen LogP contribution < -0.4 is 21.3 Å². The van der Waals surface area contributed by atoms with Gasteiger partial charge in [-0.1, -0.05) is 0 Å². The van der Waals surface area contributed by atoms with Crippen molar-refractivity contribution < 1.29 is 9.53 Å². The molecule has 1 aromatic rings. The molecule has 0 saturated carbocycles. The highest BCUT2D eigenvalue weighted by atomic mass is 16.5. The molecule has 21 heavy (non-hydrogen) atoms. The first-order valence-corrected chi connectivity index (χ1v) is 6.98. The summed E-state index contributed by atoms with van der Waals surface area (Å²) >= 11 is 0. The molecule has 8 nitrogen and oxygen atoms in total. The summed E-state index contributed by atoms with van der Waals surface area (Å²) in [6, 6.07) is 1.43. The van der Waals surface area contributed by atoms with Crippen LogP contribution in [0.4, 0.5) is 17.6 Å². The van der Waals surface area contributed by atoms with E-state index >= 15 is 0 Å². The number of nitrogens with zero attached hydrogens (tertiary/aromatic N) is 3. The molecule has 0 bridgehead atoms. The van der Waals surface area contributed by atoms with Gasteiger partial charge in [0.2, 0.25) is 11.9 Å². The van der Waals surface area contributed by atoms with E-state index in [0.717, 1.165) is 0 Å². The number of carbonyl (C=O) groups excluding carboxylic acids is 1. The molecule has 116 valence electrons. The lowest BCUT2D eigenvalue weighted by Gasteiger charge is -2.35. The maximum Gasteiger partial charge on any atom is 0.245 e. The molecule has 1 aliphatic rings. The lowest BCUT2D eigenvalue weighted by molar-refractivity contribution is -0.125. The van der Waals surface area contributed by atoms with Crippen LogP contribution in [0.25, 0.3) is 0 Å². The number of nitrogens with one attached hydrogen (secondary N) is 2. The fourth-order valence-electron chi connectivity index (χ4n) is 2.20. The molecule has 2 heterocycles. The highest BCUT2D eigenvalue weighted by molar-refractivity contribution is 5.85. The number of aromatic nitrogens is 2. The van der Waals surface area contributed by atoms with Gasteiger partial charge in [-0.05, 0) is 13.8 Å². The van der Waals surface area contributed by atoms with E-state index in [1.807, 2.05) is 18.7 Å². The summed E-state index contributed by atoms with van der Waals surface area (Å²) in [5.74, 6) is 1.34. The second kappa shape index (κ2) is 6.57. The van der Waals surface area contributed by atoms with Crippen LogP contribution in [0.3, 0.4) is 0 Å². The van der Waals surface area contributed by atoms with Gasteiger partial charge in [0.15, 0.2) is 0 Å². The zero-order chi connectivity index (χ0) is 15.4.